The Kier molecular flexibility index (Phi) is 5.95. The Balaban J connectivity index is 1.88. The van der Waals surface area contributed by atoms with Crippen molar-refractivity contribution in [2.24, 2.45) is 0 Å². The smallest absolute Gasteiger partial charge is 0.338 e. The third-order valence-corrected chi connectivity index (χ3v) is 5.33. The van der Waals surface area contributed by atoms with Crippen molar-refractivity contribution in [2.75, 3.05) is 20.1 Å². The standard InChI is InChI=1S/C20H19ClF4N2O/c1-27(19(28)13-4-7-17(22)16(10-13)20(23,24)25)18-8-9-26-11-15(18)12-2-5-14(21)6-3-12/h2-7,10,15,18,26H,8-9,11H2,1H3/t15-,18+/m0/s1. The second-order valence-corrected chi connectivity index (χ2v) is 7.26. The lowest BCUT2D eigenvalue weighted by Crippen LogP contribution is -2.49. The minimum absolute atomic E-state index is 0.0394. The molecule has 0 saturated carbocycles. The zero-order valence-electron chi connectivity index (χ0n) is 15.1. The lowest BCUT2D eigenvalue weighted by Gasteiger charge is -2.39. The predicted molar refractivity (Wildman–Crippen MR) is 99.0 cm³/mol. The van der Waals surface area contributed by atoms with Gasteiger partial charge in [0.05, 0.1) is 5.56 Å². The molecule has 3 rings (SSSR count). The van der Waals surface area contributed by atoms with E-state index < -0.39 is 23.5 Å². The summed E-state index contributed by atoms with van der Waals surface area (Å²) in [5.74, 6) is -2.01. The van der Waals surface area contributed by atoms with Crippen LogP contribution in [-0.2, 0) is 6.18 Å². The molecule has 0 aromatic heterocycles. The van der Waals surface area contributed by atoms with Crippen LogP contribution in [0.15, 0.2) is 42.5 Å². The second kappa shape index (κ2) is 8.09. The summed E-state index contributed by atoms with van der Waals surface area (Å²) in [5, 5.41) is 3.88. The van der Waals surface area contributed by atoms with Crippen LogP contribution in [0.3, 0.4) is 0 Å². The number of nitrogens with one attached hydrogen (secondary N) is 1. The maximum atomic E-state index is 13.5. The van der Waals surface area contributed by atoms with Crippen LogP contribution < -0.4 is 5.32 Å². The summed E-state index contributed by atoms with van der Waals surface area (Å²) in [7, 11) is 1.57. The van der Waals surface area contributed by atoms with Gasteiger partial charge in [-0.1, -0.05) is 23.7 Å². The van der Waals surface area contributed by atoms with Gasteiger partial charge in [-0.15, -0.1) is 0 Å². The molecule has 0 radical (unpaired) electrons. The molecule has 28 heavy (non-hydrogen) atoms. The van der Waals surface area contributed by atoms with Crippen LogP contribution in [0.2, 0.25) is 5.02 Å². The molecular formula is C20H19ClF4N2O. The number of amides is 1. The first-order chi connectivity index (χ1) is 13.2. The third-order valence-electron chi connectivity index (χ3n) is 5.08. The molecule has 0 aliphatic carbocycles. The van der Waals surface area contributed by atoms with Gasteiger partial charge < -0.3 is 10.2 Å². The Hall–Kier alpha value is -2.12. The van der Waals surface area contributed by atoms with Crippen molar-refractivity contribution in [3.8, 4) is 0 Å². The number of rotatable bonds is 3. The Labute approximate surface area is 165 Å². The van der Waals surface area contributed by atoms with E-state index in [0.717, 1.165) is 11.6 Å². The maximum absolute atomic E-state index is 13.5. The Morgan fingerprint density at radius 1 is 1.18 bits per heavy atom. The van der Waals surface area contributed by atoms with Crippen LogP contribution in [0.4, 0.5) is 17.6 Å². The van der Waals surface area contributed by atoms with Crippen molar-refractivity contribution < 1.29 is 22.4 Å². The molecule has 0 spiro atoms. The molecule has 1 amide bonds. The van der Waals surface area contributed by atoms with Crippen LogP contribution >= 0.6 is 11.6 Å². The molecule has 8 heteroatoms. The summed E-state index contributed by atoms with van der Waals surface area (Å²) in [5.41, 5.74) is -0.646. The molecule has 2 aromatic carbocycles. The summed E-state index contributed by atoms with van der Waals surface area (Å²) in [4.78, 5) is 14.3. The van der Waals surface area contributed by atoms with Crippen molar-refractivity contribution in [1.82, 2.24) is 10.2 Å². The molecule has 1 saturated heterocycles. The average Bonchev–Trinajstić information content (AvgIpc) is 2.67. The molecule has 0 unspecified atom stereocenters. The fourth-order valence-electron chi connectivity index (χ4n) is 3.59. The normalized spacial score (nSPS) is 20.1. The number of halogens is 5. The van der Waals surface area contributed by atoms with Gasteiger partial charge in [-0.2, -0.15) is 13.2 Å². The topological polar surface area (TPSA) is 32.3 Å². The van der Waals surface area contributed by atoms with E-state index in [-0.39, 0.29) is 17.5 Å². The average molecular weight is 415 g/mol. The van der Waals surface area contributed by atoms with Crippen molar-refractivity contribution >= 4 is 17.5 Å². The number of carbonyl (C=O) groups excluding carboxylic acids is 1. The van der Waals surface area contributed by atoms with Gasteiger partial charge in [0, 0.05) is 36.1 Å². The maximum Gasteiger partial charge on any atom is 0.419 e. The summed E-state index contributed by atoms with van der Waals surface area (Å²) in [6, 6.07) is 9.42. The van der Waals surface area contributed by atoms with Crippen LogP contribution in [0.1, 0.15) is 33.8 Å². The first-order valence-corrected chi connectivity index (χ1v) is 9.16. The van der Waals surface area contributed by atoms with Gasteiger partial charge >= 0.3 is 6.18 Å². The molecule has 0 bridgehead atoms. The summed E-state index contributed by atoms with van der Waals surface area (Å²) in [6.45, 7) is 1.31. The van der Waals surface area contributed by atoms with Gasteiger partial charge in [0.15, 0.2) is 0 Å². The van der Waals surface area contributed by atoms with E-state index in [0.29, 0.717) is 36.7 Å². The van der Waals surface area contributed by atoms with Crippen LogP contribution in [0, 0.1) is 5.82 Å². The highest BCUT2D eigenvalue weighted by molar-refractivity contribution is 6.30. The summed E-state index contributed by atoms with van der Waals surface area (Å²) < 4.78 is 52.5. The highest BCUT2D eigenvalue weighted by Crippen LogP contribution is 2.33. The van der Waals surface area contributed by atoms with E-state index in [2.05, 4.69) is 5.32 Å². The van der Waals surface area contributed by atoms with Gasteiger partial charge in [-0.25, -0.2) is 4.39 Å². The van der Waals surface area contributed by atoms with Gasteiger partial charge in [0.1, 0.15) is 5.82 Å². The molecule has 3 nitrogen and oxygen atoms in total. The Morgan fingerprint density at radius 3 is 2.50 bits per heavy atom. The number of piperidine rings is 1. The van der Waals surface area contributed by atoms with Gasteiger partial charge in [-0.3, -0.25) is 4.79 Å². The van der Waals surface area contributed by atoms with Gasteiger partial charge in [-0.05, 0) is 48.9 Å². The molecule has 1 N–H and O–H groups in total. The van der Waals surface area contributed by atoms with E-state index in [1.165, 1.54) is 4.90 Å². The number of benzene rings is 2. The predicted octanol–water partition coefficient (Wildman–Crippen LogP) is 4.72. The molecule has 150 valence electrons. The SMILES string of the molecule is CN(C(=O)c1ccc(F)c(C(F)(F)F)c1)[C@@H]1CCNC[C@H]1c1ccc(Cl)cc1. The lowest BCUT2D eigenvalue weighted by molar-refractivity contribution is -0.140. The van der Waals surface area contributed by atoms with Crippen LogP contribution in [0.5, 0.6) is 0 Å². The van der Waals surface area contributed by atoms with Crippen molar-refractivity contribution in [3.05, 3.63) is 70.0 Å². The van der Waals surface area contributed by atoms with E-state index in [1.807, 2.05) is 12.1 Å². The molecule has 1 fully saturated rings. The van der Waals surface area contributed by atoms with E-state index >= 15 is 0 Å². The minimum atomic E-state index is -4.86. The largest absolute Gasteiger partial charge is 0.419 e. The lowest BCUT2D eigenvalue weighted by atomic mass is 9.85. The molecule has 2 aromatic rings. The number of hydrogen-bond acceptors (Lipinski definition) is 2. The molecule has 1 heterocycles. The molecule has 2 atom stereocenters. The number of hydrogen-bond donors (Lipinski definition) is 1. The zero-order valence-corrected chi connectivity index (χ0v) is 15.8. The second-order valence-electron chi connectivity index (χ2n) is 6.83. The van der Waals surface area contributed by atoms with Crippen molar-refractivity contribution in [1.29, 1.82) is 0 Å². The minimum Gasteiger partial charge on any atom is -0.338 e. The van der Waals surface area contributed by atoms with E-state index in [4.69, 9.17) is 11.6 Å². The van der Waals surface area contributed by atoms with Crippen molar-refractivity contribution in [2.45, 2.75) is 24.6 Å². The first kappa shape index (κ1) is 20.6. The number of nitrogens with zero attached hydrogens (tertiary/aromatic N) is 1. The Morgan fingerprint density at radius 2 is 1.86 bits per heavy atom. The van der Waals surface area contributed by atoms with Gasteiger partial charge in [0.25, 0.3) is 5.91 Å². The highest BCUT2D eigenvalue weighted by Gasteiger charge is 2.36. The number of carbonyl (C=O) groups is 1. The fraction of sp³-hybridized carbons (Fsp3) is 0.350. The number of alkyl halides is 3. The number of likely N-dealkylation sites (N-methyl/N-ethyl adjacent to an activating group) is 1. The first-order valence-electron chi connectivity index (χ1n) is 8.78. The fourth-order valence-corrected chi connectivity index (χ4v) is 3.71. The molecular weight excluding hydrogens is 396 g/mol. The molecule has 1 aliphatic rings. The monoisotopic (exact) mass is 414 g/mol. The van der Waals surface area contributed by atoms with Crippen molar-refractivity contribution in [3.63, 3.8) is 0 Å². The zero-order chi connectivity index (χ0) is 20.5. The van der Waals surface area contributed by atoms with E-state index in [9.17, 15) is 22.4 Å². The highest BCUT2D eigenvalue weighted by atomic mass is 35.5. The Bertz CT molecular complexity index is 854. The molecule has 1 aliphatic heterocycles. The summed E-state index contributed by atoms with van der Waals surface area (Å²) in [6.07, 6.45) is -4.22. The quantitative estimate of drug-likeness (QED) is 0.737. The van der Waals surface area contributed by atoms with Crippen LogP contribution in [0.25, 0.3) is 0 Å². The third kappa shape index (κ3) is 4.31. The van der Waals surface area contributed by atoms with E-state index in [1.54, 1.807) is 19.2 Å². The summed E-state index contributed by atoms with van der Waals surface area (Å²) >= 11 is 5.94. The van der Waals surface area contributed by atoms with Crippen LogP contribution in [-0.4, -0.2) is 37.0 Å². The van der Waals surface area contributed by atoms with Gasteiger partial charge in [0.2, 0.25) is 0 Å².